The molecule has 3 aliphatic rings. The van der Waals surface area contributed by atoms with E-state index in [1.54, 1.807) is 0 Å². The highest BCUT2D eigenvalue weighted by molar-refractivity contribution is 5.94. The predicted molar refractivity (Wildman–Crippen MR) is 108 cm³/mol. The summed E-state index contributed by atoms with van der Waals surface area (Å²) in [5, 5.41) is 6.57. The minimum Gasteiger partial charge on any atom is -0.379 e. The molecule has 0 radical (unpaired) electrons. The van der Waals surface area contributed by atoms with E-state index in [1.165, 1.54) is 34.9 Å². The minimum absolute atomic E-state index is 0.132. The van der Waals surface area contributed by atoms with Gasteiger partial charge in [0.15, 0.2) is 0 Å². The molecule has 26 heavy (non-hydrogen) atoms. The molecule has 1 N–H and O–H groups in total. The number of rotatable bonds is 2. The molecule has 2 aromatic carbocycles. The van der Waals surface area contributed by atoms with E-state index in [4.69, 9.17) is 4.74 Å². The Morgan fingerprint density at radius 3 is 2.62 bits per heavy atom. The van der Waals surface area contributed by atoms with E-state index >= 15 is 0 Å². The summed E-state index contributed by atoms with van der Waals surface area (Å²) in [5.74, 6) is 0.623. The molecule has 2 saturated carbocycles. The van der Waals surface area contributed by atoms with Crippen LogP contribution in [0, 0.1) is 16.7 Å². The fraction of sp³-hybridized carbons (Fsp3) is 0.500. The number of ether oxygens (including phenoxy) is 1. The highest BCUT2D eigenvalue weighted by atomic mass is 16.5. The number of hydrogen-bond acceptors (Lipinski definition) is 2. The molecule has 136 valence electrons. The number of fused-ring (bicyclic) bond motifs is 4. The van der Waals surface area contributed by atoms with Gasteiger partial charge in [0.1, 0.15) is 0 Å². The van der Waals surface area contributed by atoms with Gasteiger partial charge in [0.05, 0.1) is 18.2 Å². The van der Waals surface area contributed by atoms with Crippen LogP contribution in [0.4, 0.5) is 5.69 Å². The Hall–Kier alpha value is -1.80. The molecule has 0 aromatic heterocycles. The standard InChI is InChI=1S/C24H29NO/c1-16-14-24(26-15-16)21(19-12-13-23(24,4)22(19,2)3)25-20-11-7-9-17-8-5-6-10-18(17)20/h5-11,19,21,25H,1,12-15H2,2-4H3/t19-,21-,23-,24-/m0/s1. The van der Waals surface area contributed by atoms with Crippen molar-refractivity contribution in [3.8, 4) is 0 Å². The van der Waals surface area contributed by atoms with Crippen molar-refractivity contribution in [1.29, 1.82) is 0 Å². The van der Waals surface area contributed by atoms with Crippen LogP contribution < -0.4 is 5.32 Å². The summed E-state index contributed by atoms with van der Waals surface area (Å²) in [6, 6.07) is 15.6. The molecule has 0 unspecified atom stereocenters. The van der Waals surface area contributed by atoms with Crippen molar-refractivity contribution in [3.05, 3.63) is 54.6 Å². The average molecular weight is 348 g/mol. The number of benzene rings is 2. The van der Waals surface area contributed by atoms with E-state index in [9.17, 15) is 0 Å². The van der Waals surface area contributed by atoms with Crippen LogP contribution in [-0.2, 0) is 4.74 Å². The van der Waals surface area contributed by atoms with E-state index in [0.29, 0.717) is 18.6 Å². The lowest BCUT2D eigenvalue weighted by atomic mass is 9.63. The number of hydrogen-bond donors (Lipinski definition) is 1. The van der Waals surface area contributed by atoms with Crippen molar-refractivity contribution in [1.82, 2.24) is 0 Å². The van der Waals surface area contributed by atoms with Gasteiger partial charge >= 0.3 is 0 Å². The quantitative estimate of drug-likeness (QED) is 0.694. The van der Waals surface area contributed by atoms with Crippen LogP contribution in [0.3, 0.4) is 0 Å². The summed E-state index contributed by atoms with van der Waals surface area (Å²) >= 11 is 0. The zero-order valence-electron chi connectivity index (χ0n) is 16.1. The topological polar surface area (TPSA) is 21.3 Å². The predicted octanol–water partition coefficient (Wildman–Crippen LogP) is 5.79. The maximum absolute atomic E-state index is 6.62. The monoisotopic (exact) mass is 347 g/mol. The fourth-order valence-electron chi connectivity index (χ4n) is 6.54. The lowest BCUT2D eigenvalue weighted by Gasteiger charge is -2.48. The fourth-order valence-corrected chi connectivity index (χ4v) is 6.54. The average Bonchev–Trinajstić information content (AvgIpc) is 3.16. The van der Waals surface area contributed by atoms with E-state index in [2.05, 4.69) is 75.1 Å². The van der Waals surface area contributed by atoms with Gasteiger partial charge in [-0.05, 0) is 41.2 Å². The van der Waals surface area contributed by atoms with Crippen LogP contribution in [0.1, 0.15) is 40.0 Å². The Kier molecular flexibility index (Phi) is 3.23. The summed E-state index contributed by atoms with van der Waals surface area (Å²) in [7, 11) is 0. The Labute approximate surface area is 156 Å². The molecule has 5 rings (SSSR count). The molecule has 3 fully saturated rings. The normalized spacial score (nSPS) is 37.7. The molecule has 2 bridgehead atoms. The van der Waals surface area contributed by atoms with Gasteiger partial charge in [0.2, 0.25) is 0 Å². The van der Waals surface area contributed by atoms with Gasteiger partial charge in [-0.2, -0.15) is 0 Å². The van der Waals surface area contributed by atoms with Crippen LogP contribution >= 0.6 is 0 Å². The number of nitrogens with one attached hydrogen (secondary N) is 1. The molecule has 1 spiro atoms. The van der Waals surface area contributed by atoms with Crippen molar-refractivity contribution in [2.45, 2.75) is 51.7 Å². The molecule has 1 heterocycles. The molecule has 0 amide bonds. The summed E-state index contributed by atoms with van der Waals surface area (Å²) in [6.07, 6.45) is 3.53. The second-order valence-corrected chi connectivity index (χ2v) is 9.45. The Balaban J connectivity index is 1.62. The first kappa shape index (κ1) is 16.4. The second-order valence-electron chi connectivity index (χ2n) is 9.45. The van der Waals surface area contributed by atoms with Crippen molar-refractivity contribution in [2.24, 2.45) is 16.7 Å². The summed E-state index contributed by atoms with van der Waals surface area (Å²) in [4.78, 5) is 0. The lowest BCUT2D eigenvalue weighted by molar-refractivity contribution is -0.109. The van der Waals surface area contributed by atoms with Crippen LogP contribution in [0.25, 0.3) is 10.8 Å². The molecule has 1 aliphatic heterocycles. The van der Waals surface area contributed by atoms with Gasteiger partial charge in [-0.25, -0.2) is 0 Å². The molecule has 2 heteroatoms. The molecule has 2 aromatic rings. The van der Waals surface area contributed by atoms with Gasteiger partial charge in [-0.3, -0.25) is 0 Å². The van der Waals surface area contributed by atoms with Gasteiger partial charge in [-0.15, -0.1) is 0 Å². The first-order valence-electron chi connectivity index (χ1n) is 9.94. The van der Waals surface area contributed by atoms with Crippen molar-refractivity contribution < 1.29 is 4.74 Å². The first-order chi connectivity index (χ1) is 12.4. The Morgan fingerprint density at radius 1 is 1.08 bits per heavy atom. The first-order valence-corrected chi connectivity index (χ1v) is 9.94. The zero-order chi connectivity index (χ0) is 18.2. The molecular formula is C24H29NO. The van der Waals surface area contributed by atoms with E-state index in [-0.39, 0.29) is 16.4 Å². The van der Waals surface area contributed by atoms with Crippen molar-refractivity contribution in [2.75, 3.05) is 11.9 Å². The molecule has 4 atom stereocenters. The van der Waals surface area contributed by atoms with Crippen molar-refractivity contribution in [3.63, 3.8) is 0 Å². The van der Waals surface area contributed by atoms with Gasteiger partial charge in [0, 0.05) is 22.9 Å². The minimum atomic E-state index is -0.132. The molecule has 1 saturated heterocycles. The Morgan fingerprint density at radius 2 is 1.85 bits per heavy atom. The SMILES string of the molecule is C=C1CO[C@@]2(C1)[C@@H](Nc1cccc3ccccc13)[C@@H]1CC[C@@]2(C)C1(C)C. The summed E-state index contributed by atoms with van der Waals surface area (Å²) in [5.41, 5.74) is 2.81. The van der Waals surface area contributed by atoms with E-state index in [1.807, 2.05) is 0 Å². The van der Waals surface area contributed by atoms with Gasteiger partial charge < -0.3 is 10.1 Å². The smallest absolute Gasteiger partial charge is 0.0985 e. The Bertz CT molecular complexity index is 895. The maximum Gasteiger partial charge on any atom is 0.0985 e. The van der Waals surface area contributed by atoms with Gasteiger partial charge in [0.25, 0.3) is 0 Å². The molecule has 2 aliphatic carbocycles. The summed E-state index contributed by atoms with van der Waals surface area (Å²) < 4.78 is 6.62. The largest absolute Gasteiger partial charge is 0.379 e. The number of anilines is 1. The van der Waals surface area contributed by atoms with Crippen LogP contribution in [0.2, 0.25) is 0 Å². The van der Waals surface area contributed by atoms with Gasteiger partial charge in [-0.1, -0.05) is 63.7 Å². The maximum atomic E-state index is 6.62. The van der Waals surface area contributed by atoms with E-state index < -0.39 is 0 Å². The third-order valence-electron chi connectivity index (χ3n) is 8.29. The van der Waals surface area contributed by atoms with Crippen LogP contribution in [0.15, 0.2) is 54.6 Å². The molecule has 2 nitrogen and oxygen atoms in total. The highest BCUT2D eigenvalue weighted by Crippen LogP contribution is 2.73. The van der Waals surface area contributed by atoms with Crippen LogP contribution in [0.5, 0.6) is 0 Å². The highest BCUT2D eigenvalue weighted by Gasteiger charge is 2.75. The second kappa shape index (κ2) is 5.13. The molecular weight excluding hydrogens is 318 g/mol. The van der Waals surface area contributed by atoms with Crippen molar-refractivity contribution >= 4 is 16.5 Å². The zero-order valence-corrected chi connectivity index (χ0v) is 16.1. The third kappa shape index (κ3) is 1.81. The van der Waals surface area contributed by atoms with Crippen LogP contribution in [-0.4, -0.2) is 18.2 Å². The van der Waals surface area contributed by atoms with E-state index in [0.717, 1.165) is 6.42 Å². The summed E-state index contributed by atoms with van der Waals surface area (Å²) in [6.45, 7) is 12.4. The third-order valence-corrected chi connectivity index (χ3v) is 8.29. The lowest BCUT2D eigenvalue weighted by Crippen LogP contribution is -2.55.